The summed E-state index contributed by atoms with van der Waals surface area (Å²) in [5.41, 5.74) is 1.64. The van der Waals surface area contributed by atoms with Gasteiger partial charge in [-0.2, -0.15) is 0 Å². The van der Waals surface area contributed by atoms with Gasteiger partial charge in [0.1, 0.15) is 11.0 Å². The molecule has 0 bridgehead atoms. The Morgan fingerprint density at radius 2 is 2.16 bits per heavy atom. The summed E-state index contributed by atoms with van der Waals surface area (Å²) in [5.74, 6) is -0.672. The van der Waals surface area contributed by atoms with Crippen LogP contribution in [0.25, 0.3) is 0 Å². The molecule has 0 unspecified atom stereocenters. The lowest BCUT2D eigenvalue weighted by atomic mass is 10.2. The van der Waals surface area contributed by atoms with Crippen LogP contribution in [0.1, 0.15) is 21.7 Å². The maximum Gasteiger partial charge on any atom is 0.335 e. The molecule has 98 valence electrons. The fourth-order valence-corrected chi connectivity index (χ4v) is 1.61. The first-order valence-electron chi connectivity index (χ1n) is 5.47. The Morgan fingerprint density at radius 1 is 1.37 bits per heavy atom. The van der Waals surface area contributed by atoms with Crippen LogP contribution in [-0.2, 0) is 6.54 Å². The van der Waals surface area contributed by atoms with Gasteiger partial charge in [0.05, 0.1) is 29.7 Å². The number of aromatic nitrogens is 3. The van der Waals surface area contributed by atoms with E-state index in [1.165, 1.54) is 12.1 Å². The summed E-state index contributed by atoms with van der Waals surface area (Å²) in [7, 11) is 0. The maximum absolute atomic E-state index is 10.9. The number of pyridine rings is 1. The number of carboxylic acids is 1. The molecule has 2 N–H and O–H groups in total. The summed E-state index contributed by atoms with van der Waals surface area (Å²) in [6, 6.07) is 2.70. The lowest BCUT2D eigenvalue weighted by molar-refractivity contribution is 0.0697. The molecular weight excluding hydrogens is 268 g/mol. The van der Waals surface area contributed by atoms with E-state index in [9.17, 15) is 4.79 Å². The summed E-state index contributed by atoms with van der Waals surface area (Å²) in [4.78, 5) is 23.2. The van der Waals surface area contributed by atoms with Crippen LogP contribution < -0.4 is 5.32 Å². The molecule has 2 rings (SSSR count). The normalized spacial score (nSPS) is 10.2. The number of rotatable bonds is 4. The molecule has 0 aliphatic carbocycles. The molecule has 7 heteroatoms. The summed E-state index contributed by atoms with van der Waals surface area (Å²) in [6.07, 6.45) is 3.30. The zero-order chi connectivity index (χ0) is 13.8. The van der Waals surface area contributed by atoms with Crippen LogP contribution in [0.5, 0.6) is 0 Å². The second kappa shape index (κ2) is 5.62. The van der Waals surface area contributed by atoms with Crippen molar-refractivity contribution in [2.24, 2.45) is 0 Å². The largest absolute Gasteiger partial charge is 0.478 e. The molecule has 0 saturated heterocycles. The molecule has 0 atom stereocenters. The second-order valence-corrected chi connectivity index (χ2v) is 4.26. The van der Waals surface area contributed by atoms with Crippen LogP contribution in [0.4, 0.5) is 5.82 Å². The predicted molar refractivity (Wildman–Crippen MR) is 70.3 cm³/mol. The third-order valence-corrected chi connectivity index (χ3v) is 2.52. The standard InChI is InChI=1S/C12H11ClN4O2/c1-7-4-15-9(5-14-7)6-16-11-3-8(12(18)19)2-10(13)17-11/h2-5H,6H2,1H3,(H,16,17)(H,18,19). The molecule has 6 nitrogen and oxygen atoms in total. The quantitative estimate of drug-likeness (QED) is 0.833. The number of aromatic carboxylic acids is 1. The van der Waals surface area contributed by atoms with E-state index in [-0.39, 0.29) is 10.7 Å². The van der Waals surface area contributed by atoms with E-state index < -0.39 is 5.97 Å². The highest BCUT2D eigenvalue weighted by Gasteiger charge is 2.07. The number of carbonyl (C=O) groups is 1. The fraction of sp³-hybridized carbons (Fsp3) is 0.167. The topological polar surface area (TPSA) is 88.0 Å². The Hall–Kier alpha value is -2.21. The molecule has 0 aromatic carbocycles. The predicted octanol–water partition coefficient (Wildman–Crippen LogP) is 2.14. The molecule has 0 saturated carbocycles. The van der Waals surface area contributed by atoms with Crippen molar-refractivity contribution < 1.29 is 9.90 Å². The van der Waals surface area contributed by atoms with E-state index in [0.717, 1.165) is 11.4 Å². The van der Waals surface area contributed by atoms with Crippen molar-refractivity contribution in [2.75, 3.05) is 5.32 Å². The highest BCUT2D eigenvalue weighted by Crippen LogP contribution is 2.15. The lowest BCUT2D eigenvalue weighted by Crippen LogP contribution is -2.06. The Labute approximate surface area is 114 Å². The average Bonchev–Trinajstić information content (AvgIpc) is 2.37. The molecule has 0 aliphatic heterocycles. The van der Waals surface area contributed by atoms with Crippen LogP contribution in [0.3, 0.4) is 0 Å². The van der Waals surface area contributed by atoms with E-state index in [0.29, 0.717) is 12.4 Å². The Morgan fingerprint density at radius 3 is 2.79 bits per heavy atom. The van der Waals surface area contributed by atoms with Gasteiger partial charge >= 0.3 is 5.97 Å². The number of halogens is 1. The molecule has 2 aromatic rings. The summed E-state index contributed by atoms with van der Waals surface area (Å²) in [6.45, 7) is 2.24. The number of anilines is 1. The molecule has 0 amide bonds. The second-order valence-electron chi connectivity index (χ2n) is 3.87. The van der Waals surface area contributed by atoms with Crippen LogP contribution in [0.2, 0.25) is 5.15 Å². The number of nitrogens with one attached hydrogen (secondary N) is 1. The van der Waals surface area contributed by atoms with Gasteiger partial charge in [-0.05, 0) is 19.1 Å². The number of hydrogen-bond donors (Lipinski definition) is 2. The van der Waals surface area contributed by atoms with Crippen molar-refractivity contribution in [3.63, 3.8) is 0 Å². The molecule has 2 heterocycles. The molecule has 2 aromatic heterocycles. The Balaban J connectivity index is 2.11. The zero-order valence-electron chi connectivity index (χ0n) is 10.1. The number of nitrogens with zero attached hydrogens (tertiary/aromatic N) is 3. The molecule has 0 aliphatic rings. The third-order valence-electron chi connectivity index (χ3n) is 2.33. The van der Waals surface area contributed by atoms with Gasteiger partial charge in [-0.3, -0.25) is 9.97 Å². The number of hydrogen-bond acceptors (Lipinski definition) is 5. The summed E-state index contributed by atoms with van der Waals surface area (Å²) in [5, 5.41) is 12.0. The van der Waals surface area contributed by atoms with Crippen LogP contribution >= 0.6 is 11.6 Å². The Kier molecular flexibility index (Phi) is 3.91. The Bertz CT molecular complexity index is 601. The first-order chi connectivity index (χ1) is 9.04. The average molecular weight is 279 g/mol. The van der Waals surface area contributed by atoms with Crippen molar-refractivity contribution in [3.05, 3.63) is 46.6 Å². The van der Waals surface area contributed by atoms with Gasteiger partial charge in [0.2, 0.25) is 0 Å². The van der Waals surface area contributed by atoms with Crippen molar-refractivity contribution in [1.82, 2.24) is 15.0 Å². The number of aryl methyl sites for hydroxylation is 1. The van der Waals surface area contributed by atoms with Gasteiger partial charge in [-0.1, -0.05) is 11.6 Å². The first-order valence-corrected chi connectivity index (χ1v) is 5.84. The van der Waals surface area contributed by atoms with Crippen LogP contribution in [0.15, 0.2) is 24.5 Å². The maximum atomic E-state index is 10.9. The fourth-order valence-electron chi connectivity index (χ4n) is 1.40. The van der Waals surface area contributed by atoms with Gasteiger partial charge in [-0.25, -0.2) is 9.78 Å². The van der Waals surface area contributed by atoms with E-state index in [1.54, 1.807) is 12.4 Å². The monoisotopic (exact) mass is 278 g/mol. The summed E-state index contributed by atoms with van der Waals surface area (Å²) >= 11 is 5.75. The van der Waals surface area contributed by atoms with Crippen molar-refractivity contribution in [1.29, 1.82) is 0 Å². The van der Waals surface area contributed by atoms with E-state index >= 15 is 0 Å². The van der Waals surface area contributed by atoms with Gasteiger partial charge in [0.25, 0.3) is 0 Å². The zero-order valence-corrected chi connectivity index (χ0v) is 10.8. The smallest absolute Gasteiger partial charge is 0.335 e. The molecular formula is C12H11ClN4O2. The van der Waals surface area contributed by atoms with Crippen molar-refractivity contribution in [2.45, 2.75) is 13.5 Å². The minimum absolute atomic E-state index is 0.0810. The molecule has 19 heavy (non-hydrogen) atoms. The minimum atomic E-state index is -1.05. The van der Waals surface area contributed by atoms with E-state index in [2.05, 4.69) is 20.3 Å². The van der Waals surface area contributed by atoms with Gasteiger partial charge in [0, 0.05) is 6.20 Å². The summed E-state index contributed by atoms with van der Waals surface area (Å²) < 4.78 is 0. The number of carboxylic acid groups (broad SMARTS) is 1. The van der Waals surface area contributed by atoms with Gasteiger partial charge in [0.15, 0.2) is 0 Å². The van der Waals surface area contributed by atoms with E-state index in [4.69, 9.17) is 16.7 Å². The van der Waals surface area contributed by atoms with Crippen molar-refractivity contribution >= 4 is 23.4 Å². The van der Waals surface area contributed by atoms with Crippen molar-refractivity contribution in [3.8, 4) is 0 Å². The van der Waals surface area contributed by atoms with Gasteiger partial charge in [-0.15, -0.1) is 0 Å². The molecule has 0 fully saturated rings. The van der Waals surface area contributed by atoms with Crippen LogP contribution in [0, 0.1) is 6.92 Å². The van der Waals surface area contributed by atoms with Crippen LogP contribution in [-0.4, -0.2) is 26.0 Å². The molecule has 0 spiro atoms. The minimum Gasteiger partial charge on any atom is -0.478 e. The SMILES string of the molecule is Cc1cnc(CNc2cc(C(=O)O)cc(Cl)n2)cn1. The first kappa shape index (κ1) is 13.2. The third kappa shape index (κ3) is 3.62. The van der Waals surface area contributed by atoms with Gasteiger partial charge < -0.3 is 10.4 Å². The van der Waals surface area contributed by atoms with E-state index in [1.807, 2.05) is 6.92 Å². The highest BCUT2D eigenvalue weighted by molar-refractivity contribution is 6.29. The lowest BCUT2D eigenvalue weighted by Gasteiger charge is -2.06. The highest BCUT2D eigenvalue weighted by atomic mass is 35.5. The molecule has 0 radical (unpaired) electrons.